The van der Waals surface area contributed by atoms with Gasteiger partial charge < -0.3 is 5.11 Å². The molecule has 23 heavy (non-hydrogen) atoms. The fourth-order valence-corrected chi connectivity index (χ4v) is 2.88. The highest BCUT2D eigenvalue weighted by Crippen LogP contribution is 2.15. The summed E-state index contributed by atoms with van der Waals surface area (Å²) in [7, 11) is 0. The predicted octanol–water partition coefficient (Wildman–Crippen LogP) is 4.52. The van der Waals surface area contributed by atoms with Crippen LogP contribution in [-0.2, 0) is 13.1 Å². The number of aliphatic hydroxyl groups is 1. The third kappa shape index (κ3) is 7.17. The Morgan fingerprint density at radius 3 is 1.74 bits per heavy atom. The maximum absolute atomic E-state index is 9.61. The van der Waals surface area contributed by atoms with Gasteiger partial charge in [-0.05, 0) is 23.5 Å². The van der Waals surface area contributed by atoms with Crippen molar-refractivity contribution in [2.45, 2.75) is 32.9 Å². The number of benzene rings is 2. The van der Waals surface area contributed by atoms with Gasteiger partial charge in [0, 0.05) is 26.2 Å². The van der Waals surface area contributed by atoms with Crippen LogP contribution in [0.1, 0.15) is 30.9 Å². The molecule has 0 aliphatic heterocycles. The van der Waals surface area contributed by atoms with Crippen LogP contribution in [0, 0.1) is 5.92 Å². The lowest BCUT2D eigenvalue weighted by Gasteiger charge is -2.27. The maximum Gasteiger partial charge on any atom is 0.0471 e. The Bertz CT molecular complexity index is 476. The highest BCUT2D eigenvalue weighted by molar-refractivity contribution is 5.85. The Morgan fingerprint density at radius 1 is 0.870 bits per heavy atom. The molecule has 0 fully saturated rings. The van der Waals surface area contributed by atoms with Gasteiger partial charge >= 0.3 is 0 Å². The minimum atomic E-state index is 0. The van der Waals surface area contributed by atoms with Crippen molar-refractivity contribution in [2.75, 3.05) is 13.2 Å². The second kappa shape index (κ2) is 11.2. The quantitative estimate of drug-likeness (QED) is 0.729. The molecule has 0 aromatic heterocycles. The van der Waals surface area contributed by atoms with Gasteiger partial charge in [-0.2, -0.15) is 0 Å². The van der Waals surface area contributed by atoms with Crippen LogP contribution < -0.4 is 0 Å². The summed E-state index contributed by atoms with van der Waals surface area (Å²) in [5.74, 6) is 0.359. The van der Waals surface area contributed by atoms with E-state index >= 15 is 0 Å². The van der Waals surface area contributed by atoms with Gasteiger partial charge in [-0.1, -0.05) is 74.0 Å². The van der Waals surface area contributed by atoms with Crippen molar-refractivity contribution in [3.63, 3.8) is 0 Å². The van der Waals surface area contributed by atoms with Crippen LogP contribution in [0.25, 0.3) is 0 Å². The molecule has 1 atom stereocenters. The fourth-order valence-electron chi connectivity index (χ4n) is 2.88. The Balaban J connectivity index is 0.00000264. The van der Waals surface area contributed by atoms with Crippen molar-refractivity contribution in [1.82, 2.24) is 4.90 Å². The van der Waals surface area contributed by atoms with E-state index < -0.39 is 0 Å². The molecule has 0 aliphatic carbocycles. The second-order valence-corrected chi connectivity index (χ2v) is 5.98. The summed E-state index contributed by atoms with van der Waals surface area (Å²) in [4.78, 5) is 2.45. The third-order valence-corrected chi connectivity index (χ3v) is 3.97. The highest BCUT2D eigenvalue weighted by Gasteiger charge is 2.14. The molecule has 0 saturated carbocycles. The number of rotatable bonds is 9. The van der Waals surface area contributed by atoms with Gasteiger partial charge in [-0.15, -0.1) is 12.4 Å². The van der Waals surface area contributed by atoms with Crippen molar-refractivity contribution < 1.29 is 5.11 Å². The topological polar surface area (TPSA) is 23.5 Å². The molecule has 2 aromatic carbocycles. The lowest BCUT2D eigenvalue weighted by molar-refractivity contribution is 0.147. The van der Waals surface area contributed by atoms with Gasteiger partial charge in [0.25, 0.3) is 0 Å². The van der Waals surface area contributed by atoms with Crippen LogP contribution in [-0.4, -0.2) is 23.2 Å². The zero-order chi connectivity index (χ0) is 15.6. The molecule has 126 valence electrons. The van der Waals surface area contributed by atoms with Gasteiger partial charge in [0.1, 0.15) is 0 Å². The number of hydrogen-bond donors (Lipinski definition) is 1. The van der Waals surface area contributed by atoms with Crippen molar-refractivity contribution in [1.29, 1.82) is 0 Å². The molecule has 2 nitrogen and oxygen atoms in total. The summed E-state index contributed by atoms with van der Waals surface area (Å²) >= 11 is 0. The monoisotopic (exact) mass is 333 g/mol. The van der Waals surface area contributed by atoms with Gasteiger partial charge in [0.05, 0.1) is 0 Å². The van der Waals surface area contributed by atoms with Gasteiger partial charge in [0.15, 0.2) is 0 Å². The largest absolute Gasteiger partial charge is 0.396 e. The van der Waals surface area contributed by atoms with E-state index in [4.69, 9.17) is 0 Å². The molecule has 1 N–H and O–H groups in total. The smallest absolute Gasteiger partial charge is 0.0471 e. The molecule has 0 radical (unpaired) electrons. The van der Waals surface area contributed by atoms with Crippen molar-refractivity contribution in [3.05, 3.63) is 71.8 Å². The molecule has 0 heterocycles. The Kier molecular flexibility index (Phi) is 9.61. The van der Waals surface area contributed by atoms with Crippen LogP contribution >= 0.6 is 12.4 Å². The maximum atomic E-state index is 9.61. The summed E-state index contributed by atoms with van der Waals surface area (Å²) in [6.45, 7) is 5.25. The SMILES string of the molecule is CCC[C@@H](CO)CN(Cc1ccccc1)Cc1ccccc1.Cl. The third-order valence-electron chi connectivity index (χ3n) is 3.97. The van der Waals surface area contributed by atoms with E-state index in [1.165, 1.54) is 11.1 Å². The average molecular weight is 334 g/mol. The van der Waals surface area contributed by atoms with E-state index in [0.29, 0.717) is 5.92 Å². The number of halogens is 1. The molecular weight excluding hydrogens is 306 g/mol. The summed E-state index contributed by atoms with van der Waals surface area (Å²) in [5.41, 5.74) is 2.65. The highest BCUT2D eigenvalue weighted by atomic mass is 35.5. The first-order chi connectivity index (χ1) is 10.8. The second-order valence-electron chi connectivity index (χ2n) is 5.98. The minimum absolute atomic E-state index is 0. The van der Waals surface area contributed by atoms with E-state index in [2.05, 4.69) is 72.5 Å². The number of aliphatic hydroxyl groups excluding tert-OH is 1. The molecule has 0 aliphatic rings. The normalized spacial score (nSPS) is 12.0. The molecule has 0 saturated heterocycles. The lowest BCUT2D eigenvalue weighted by Crippen LogP contribution is -2.30. The van der Waals surface area contributed by atoms with E-state index in [0.717, 1.165) is 32.5 Å². The first kappa shape index (κ1) is 19.7. The molecule has 2 aromatic rings. The summed E-state index contributed by atoms with van der Waals surface area (Å²) < 4.78 is 0. The summed E-state index contributed by atoms with van der Waals surface area (Å²) in [6.07, 6.45) is 2.20. The molecule has 0 spiro atoms. The van der Waals surface area contributed by atoms with Crippen molar-refractivity contribution >= 4 is 12.4 Å². The average Bonchev–Trinajstić information content (AvgIpc) is 2.56. The summed E-state index contributed by atoms with van der Waals surface area (Å²) in [5, 5.41) is 9.61. The number of hydrogen-bond acceptors (Lipinski definition) is 2. The first-order valence-electron chi connectivity index (χ1n) is 8.23. The van der Waals surface area contributed by atoms with E-state index in [9.17, 15) is 5.11 Å². The molecule has 2 rings (SSSR count). The van der Waals surface area contributed by atoms with E-state index in [1.54, 1.807) is 0 Å². The minimum Gasteiger partial charge on any atom is -0.396 e. The van der Waals surface area contributed by atoms with Crippen LogP contribution in [0.4, 0.5) is 0 Å². The van der Waals surface area contributed by atoms with Gasteiger partial charge in [-0.3, -0.25) is 4.90 Å². The number of nitrogens with zero attached hydrogens (tertiary/aromatic N) is 1. The zero-order valence-corrected chi connectivity index (χ0v) is 14.7. The van der Waals surface area contributed by atoms with Crippen molar-refractivity contribution in [2.24, 2.45) is 5.92 Å². The van der Waals surface area contributed by atoms with Crippen LogP contribution in [0.5, 0.6) is 0 Å². The lowest BCUT2D eigenvalue weighted by atomic mass is 10.0. The standard InChI is InChI=1S/C20H27NO.ClH/c1-2-9-20(17-22)16-21(14-18-10-5-3-6-11-18)15-19-12-7-4-8-13-19;/h3-8,10-13,20,22H,2,9,14-17H2,1H3;1H/t20-;/m1./s1. The molecule has 0 amide bonds. The summed E-state index contributed by atoms with van der Waals surface area (Å²) in [6, 6.07) is 21.2. The van der Waals surface area contributed by atoms with Crippen LogP contribution in [0.3, 0.4) is 0 Å². The molecule has 0 bridgehead atoms. The molecular formula is C20H28ClNO. The first-order valence-corrected chi connectivity index (χ1v) is 8.23. The van der Waals surface area contributed by atoms with E-state index in [-0.39, 0.29) is 19.0 Å². The Hall–Kier alpha value is -1.35. The molecule has 0 unspecified atom stereocenters. The van der Waals surface area contributed by atoms with E-state index in [1.807, 2.05) is 0 Å². The Labute approximate surface area is 146 Å². The zero-order valence-electron chi connectivity index (χ0n) is 13.9. The predicted molar refractivity (Wildman–Crippen MR) is 99.7 cm³/mol. The van der Waals surface area contributed by atoms with Crippen LogP contribution in [0.2, 0.25) is 0 Å². The Morgan fingerprint density at radius 2 is 1.35 bits per heavy atom. The molecule has 3 heteroatoms. The van der Waals surface area contributed by atoms with Crippen molar-refractivity contribution in [3.8, 4) is 0 Å². The fraction of sp³-hybridized carbons (Fsp3) is 0.400. The van der Waals surface area contributed by atoms with Crippen LogP contribution in [0.15, 0.2) is 60.7 Å². The van der Waals surface area contributed by atoms with Gasteiger partial charge in [0.2, 0.25) is 0 Å². The van der Waals surface area contributed by atoms with Gasteiger partial charge in [-0.25, -0.2) is 0 Å².